The quantitative estimate of drug-likeness (QED) is 0.776. The maximum atomic E-state index is 12.8. The fraction of sp³-hybridized carbons (Fsp3) is 0.562. The Kier molecular flexibility index (Phi) is 3.54. The molecule has 2 nitrogen and oxygen atoms in total. The first-order valence-electron chi connectivity index (χ1n) is 7.14. The summed E-state index contributed by atoms with van der Waals surface area (Å²) < 4.78 is 18.3. The first-order valence-corrected chi connectivity index (χ1v) is 7.14. The maximum Gasteiger partial charge on any atom is 0.306 e. The lowest BCUT2D eigenvalue weighted by atomic mass is 9.98. The standard InChI is InChI=1S/C16H19FO2/c17-14-6-2-11(3-7-14)4-8-16(18)19-15-10-12-1-5-13(15)9-12/h2-3,6-7,12-13,15H,1,4-5,8-10H2. The van der Waals surface area contributed by atoms with Crippen LogP contribution in [-0.4, -0.2) is 12.1 Å². The zero-order chi connectivity index (χ0) is 13.2. The highest BCUT2D eigenvalue weighted by Crippen LogP contribution is 2.45. The molecule has 0 radical (unpaired) electrons. The van der Waals surface area contributed by atoms with Crippen LogP contribution in [0.3, 0.4) is 0 Å². The monoisotopic (exact) mass is 262 g/mol. The molecule has 0 N–H and O–H groups in total. The van der Waals surface area contributed by atoms with Crippen molar-refractivity contribution in [3.8, 4) is 0 Å². The van der Waals surface area contributed by atoms with Crippen molar-refractivity contribution in [1.82, 2.24) is 0 Å². The van der Waals surface area contributed by atoms with Crippen molar-refractivity contribution in [3.63, 3.8) is 0 Å². The number of aryl methyl sites for hydroxylation is 1. The van der Waals surface area contributed by atoms with Crippen LogP contribution in [0.5, 0.6) is 0 Å². The number of rotatable bonds is 4. The number of hydrogen-bond acceptors (Lipinski definition) is 2. The number of hydrogen-bond donors (Lipinski definition) is 0. The average molecular weight is 262 g/mol. The summed E-state index contributed by atoms with van der Waals surface area (Å²) in [7, 11) is 0. The van der Waals surface area contributed by atoms with E-state index < -0.39 is 0 Å². The van der Waals surface area contributed by atoms with Crippen molar-refractivity contribution in [2.75, 3.05) is 0 Å². The van der Waals surface area contributed by atoms with Gasteiger partial charge in [0.05, 0.1) is 0 Å². The van der Waals surface area contributed by atoms with Gasteiger partial charge in [-0.1, -0.05) is 12.1 Å². The molecule has 3 heteroatoms. The van der Waals surface area contributed by atoms with E-state index in [1.54, 1.807) is 12.1 Å². The molecule has 19 heavy (non-hydrogen) atoms. The summed E-state index contributed by atoms with van der Waals surface area (Å²) in [4.78, 5) is 11.8. The molecule has 0 aliphatic heterocycles. The van der Waals surface area contributed by atoms with Crippen molar-refractivity contribution in [3.05, 3.63) is 35.6 Å². The van der Waals surface area contributed by atoms with E-state index in [-0.39, 0.29) is 17.9 Å². The van der Waals surface area contributed by atoms with Crippen LogP contribution < -0.4 is 0 Å². The highest BCUT2D eigenvalue weighted by atomic mass is 19.1. The normalized spacial score (nSPS) is 28.6. The largest absolute Gasteiger partial charge is 0.462 e. The third kappa shape index (κ3) is 2.96. The smallest absolute Gasteiger partial charge is 0.306 e. The molecule has 1 aromatic carbocycles. The Labute approximate surface area is 113 Å². The molecule has 0 aromatic heterocycles. The van der Waals surface area contributed by atoms with Crippen LogP contribution in [0.4, 0.5) is 4.39 Å². The van der Waals surface area contributed by atoms with E-state index in [9.17, 15) is 9.18 Å². The van der Waals surface area contributed by atoms with Crippen molar-refractivity contribution >= 4 is 5.97 Å². The van der Waals surface area contributed by atoms with Crippen LogP contribution in [0.1, 0.15) is 37.7 Å². The molecule has 2 saturated carbocycles. The number of ether oxygens (including phenoxy) is 1. The molecule has 102 valence electrons. The molecule has 0 spiro atoms. The van der Waals surface area contributed by atoms with E-state index in [1.807, 2.05) is 0 Å². The van der Waals surface area contributed by atoms with Crippen LogP contribution in [-0.2, 0) is 16.0 Å². The van der Waals surface area contributed by atoms with Gasteiger partial charge >= 0.3 is 5.97 Å². The molecule has 2 fully saturated rings. The van der Waals surface area contributed by atoms with E-state index in [4.69, 9.17) is 4.74 Å². The van der Waals surface area contributed by atoms with Crippen molar-refractivity contribution < 1.29 is 13.9 Å². The summed E-state index contributed by atoms with van der Waals surface area (Å²) in [5.41, 5.74) is 0.978. The van der Waals surface area contributed by atoms with Gasteiger partial charge in [-0.3, -0.25) is 4.79 Å². The second-order valence-corrected chi connectivity index (χ2v) is 5.83. The van der Waals surface area contributed by atoms with Crippen LogP contribution in [0.15, 0.2) is 24.3 Å². The summed E-state index contributed by atoms with van der Waals surface area (Å²) >= 11 is 0. The molecule has 3 atom stereocenters. The van der Waals surface area contributed by atoms with Gasteiger partial charge in [0.15, 0.2) is 0 Å². The molecule has 0 saturated heterocycles. The second kappa shape index (κ2) is 5.32. The fourth-order valence-corrected chi connectivity index (χ4v) is 3.46. The minimum absolute atomic E-state index is 0.109. The van der Waals surface area contributed by atoms with E-state index in [0.29, 0.717) is 18.8 Å². The number of halogens is 1. The second-order valence-electron chi connectivity index (χ2n) is 5.83. The Hall–Kier alpha value is -1.38. The lowest BCUT2D eigenvalue weighted by Gasteiger charge is -2.21. The minimum atomic E-state index is -0.242. The highest BCUT2D eigenvalue weighted by Gasteiger charge is 2.41. The van der Waals surface area contributed by atoms with E-state index in [0.717, 1.165) is 17.9 Å². The van der Waals surface area contributed by atoms with Gasteiger partial charge in [0.25, 0.3) is 0 Å². The molecular weight excluding hydrogens is 243 g/mol. The summed E-state index contributed by atoms with van der Waals surface area (Å²) in [5, 5.41) is 0. The lowest BCUT2D eigenvalue weighted by molar-refractivity contribution is -0.151. The van der Waals surface area contributed by atoms with Crippen molar-refractivity contribution in [2.45, 2.75) is 44.6 Å². The number of carbonyl (C=O) groups is 1. The van der Waals surface area contributed by atoms with Gasteiger partial charge in [0.1, 0.15) is 11.9 Å². The first kappa shape index (κ1) is 12.6. The third-order valence-corrected chi connectivity index (χ3v) is 4.49. The summed E-state index contributed by atoms with van der Waals surface area (Å²) in [6.07, 6.45) is 6.02. The summed E-state index contributed by atoms with van der Waals surface area (Å²) in [6, 6.07) is 6.30. The van der Waals surface area contributed by atoms with E-state index >= 15 is 0 Å². The number of carbonyl (C=O) groups excluding carboxylic acids is 1. The average Bonchev–Trinajstić information content (AvgIpc) is 3.00. The van der Waals surface area contributed by atoms with Crippen LogP contribution in [0, 0.1) is 17.7 Å². The zero-order valence-electron chi connectivity index (χ0n) is 11.0. The summed E-state index contributed by atoms with van der Waals surface area (Å²) in [6.45, 7) is 0. The molecule has 2 aliphatic rings. The Morgan fingerprint density at radius 1 is 1.21 bits per heavy atom. The third-order valence-electron chi connectivity index (χ3n) is 4.49. The predicted octanol–water partition coefficient (Wildman–Crippen LogP) is 3.49. The topological polar surface area (TPSA) is 26.3 Å². The number of benzene rings is 1. The fourth-order valence-electron chi connectivity index (χ4n) is 3.46. The molecule has 3 unspecified atom stereocenters. The molecule has 2 aliphatic carbocycles. The number of fused-ring (bicyclic) bond motifs is 2. The molecule has 2 bridgehead atoms. The van der Waals surface area contributed by atoms with Gasteiger partial charge in [0.2, 0.25) is 0 Å². The maximum absolute atomic E-state index is 12.8. The van der Waals surface area contributed by atoms with Crippen molar-refractivity contribution in [2.24, 2.45) is 11.8 Å². The van der Waals surface area contributed by atoms with Gasteiger partial charge in [-0.25, -0.2) is 4.39 Å². The Morgan fingerprint density at radius 2 is 2.00 bits per heavy atom. The minimum Gasteiger partial charge on any atom is -0.462 e. The number of esters is 1. The van der Waals surface area contributed by atoms with Crippen LogP contribution in [0.2, 0.25) is 0 Å². The lowest BCUT2D eigenvalue weighted by Crippen LogP contribution is -2.24. The van der Waals surface area contributed by atoms with Gasteiger partial charge in [-0.15, -0.1) is 0 Å². The first-order chi connectivity index (χ1) is 9.20. The summed E-state index contributed by atoms with van der Waals surface area (Å²) in [5.74, 6) is 1.05. The van der Waals surface area contributed by atoms with E-state index in [1.165, 1.54) is 31.4 Å². The Morgan fingerprint density at radius 3 is 2.63 bits per heavy atom. The Balaban J connectivity index is 1.45. The molecular formula is C16H19FO2. The zero-order valence-corrected chi connectivity index (χ0v) is 11.0. The SMILES string of the molecule is O=C(CCc1ccc(F)cc1)OC1CC2CCC1C2. The van der Waals surface area contributed by atoms with Gasteiger partial charge in [-0.2, -0.15) is 0 Å². The van der Waals surface area contributed by atoms with E-state index in [2.05, 4.69) is 0 Å². The highest BCUT2D eigenvalue weighted by molar-refractivity contribution is 5.70. The molecule has 3 rings (SSSR count). The molecule has 0 heterocycles. The molecule has 1 aromatic rings. The van der Waals surface area contributed by atoms with Crippen LogP contribution in [0.25, 0.3) is 0 Å². The van der Waals surface area contributed by atoms with Gasteiger partial charge in [-0.05, 0) is 61.6 Å². The molecule has 0 amide bonds. The van der Waals surface area contributed by atoms with Gasteiger partial charge < -0.3 is 4.74 Å². The van der Waals surface area contributed by atoms with Gasteiger partial charge in [0, 0.05) is 6.42 Å². The van der Waals surface area contributed by atoms with Crippen molar-refractivity contribution in [1.29, 1.82) is 0 Å². The predicted molar refractivity (Wildman–Crippen MR) is 70.0 cm³/mol. The Bertz CT molecular complexity index is 454. The van der Waals surface area contributed by atoms with Crippen LogP contribution >= 0.6 is 0 Å².